The highest BCUT2D eigenvalue weighted by Gasteiger charge is 2.01. The van der Waals surface area contributed by atoms with Gasteiger partial charge < -0.3 is 11.1 Å². The van der Waals surface area contributed by atoms with Gasteiger partial charge in [-0.15, -0.1) is 0 Å². The average molecular weight is 277 g/mol. The van der Waals surface area contributed by atoms with Crippen LogP contribution in [-0.2, 0) is 6.54 Å². The van der Waals surface area contributed by atoms with Crippen molar-refractivity contribution in [3.05, 3.63) is 45.7 Å². The zero-order valence-corrected chi connectivity index (χ0v) is 9.95. The summed E-state index contributed by atoms with van der Waals surface area (Å²) in [5.41, 5.74) is 6.35. The average Bonchev–Trinajstić information content (AvgIpc) is 2.31. The Morgan fingerprint density at radius 2 is 1.88 bits per heavy atom. The van der Waals surface area contributed by atoms with Crippen LogP contribution in [0.2, 0.25) is 0 Å². The van der Waals surface area contributed by atoms with Crippen molar-refractivity contribution in [3.8, 4) is 12.1 Å². The summed E-state index contributed by atoms with van der Waals surface area (Å²) in [5.74, 6) is 0. The van der Waals surface area contributed by atoms with Crippen LogP contribution >= 0.6 is 15.9 Å². The molecule has 80 valence electrons. The minimum atomic E-state index is -0.0976. The van der Waals surface area contributed by atoms with Crippen molar-refractivity contribution in [2.75, 3.05) is 0 Å². The van der Waals surface area contributed by atoms with Crippen LogP contribution in [0, 0.1) is 22.7 Å². The first-order valence-corrected chi connectivity index (χ1v) is 5.25. The van der Waals surface area contributed by atoms with Gasteiger partial charge in [-0.05, 0) is 17.7 Å². The highest BCUT2D eigenvalue weighted by atomic mass is 79.9. The molecular formula is C11H9BrN4. The second-order valence-corrected chi connectivity index (χ2v) is 3.91. The van der Waals surface area contributed by atoms with Crippen molar-refractivity contribution in [2.24, 2.45) is 5.73 Å². The molecule has 5 heteroatoms. The standard InChI is InChI=1S/C11H9BrN4/c12-9-3-1-8(2-4-9)7-16-11(6-14)10(15)5-13/h1-4,16H,7,15H2. The minimum Gasteiger partial charge on any atom is -0.388 e. The Morgan fingerprint density at radius 1 is 1.25 bits per heavy atom. The number of nitrogens with zero attached hydrogens (tertiary/aromatic N) is 2. The molecule has 1 rings (SSSR count). The van der Waals surface area contributed by atoms with E-state index in [1.807, 2.05) is 30.3 Å². The minimum absolute atomic E-state index is 0.0976. The highest BCUT2D eigenvalue weighted by molar-refractivity contribution is 9.10. The first-order chi connectivity index (χ1) is 7.67. The van der Waals surface area contributed by atoms with Crippen LogP contribution in [0.15, 0.2) is 40.1 Å². The predicted octanol–water partition coefficient (Wildman–Crippen LogP) is 1.76. The quantitative estimate of drug-likeness (QED) is 0.824. The molecule has 0 aliphatic carbocycles. The van der Waals surface area contributed by atoms with Gasteiger partial charge in [0.2, 0.25) is 0 Å². The van der Waals surface area contributed by atoms with Crippen LogP contribution in [0.25, 0.3) is 0 Å². The van der Waals surface area contributed by atoms with Crippen LogP contribution in [-0.4, -0.2) is 0 Å². The number of nitrogens with two attached hydrogens (primary N) is 1. The molecule has 4 nitrogen and oxygen atoms in total. The van der Waals surface area contributed by atoms with E-state index in [2.05, 4.69) is 21.2 Å². The van der Waals surface area contributed by atoms with Gasteiger partial charge >= 0.3 is 0 Å². The monoisotopic (exact) mass is 276 g/mol. The molecule has 0 amide bonds. The first kappa shape index (κ1) is 12.1. The fourth-order valence-electron chi connectivity index (χ4n) is 1.04. The lowest BCUT2D eigenvalue weighted by Gasteiger charge is -2.05. The SMILES string of the molecule is N#CC(N)=C(C#N)NCc1ccc(Br)cc1. The van der Waals surface area contributed by atoms with Crippen LogP contribution in [0.1, 0.15) is 5.56 Å². The summed E-state index contributed by atoms with van der Waals surface area (Å²) in [6, 6.07) is 11.2. The summed E-state index contributed by atoms with van der Waals surface area (Å²) in [6.07, 6.45) is 0. The molecule has 0 saturated heterocycles. The van der Waals surface area contributed by atoms with E-state index in [9.17, 15) is 0 Å². The molecule has 0 aromatic heterocycles. The van der Waals surface area contributed by atoms with E-state index in [-0.39, 0.29) is 11.4 Å². The normalized spacial score (nSPS) is 10.9. The van der Waals surface area contributed by atoms with E-state index in [0.717, 1.165) is 10.0 Å². The lowest BCUT2D eigenvalue weighted by atomic mass is 10.2. The van der Waals surface area contributed by atoms with Crippen molar-refractivity contribution in [1.29, 1.82) is 10.5 Å². The van der Waals surface area contributed by atoms with Crippen molar-refractivity contribution in [3.63, 3.8) is 0 Å². The maximum atomic E-state index is 8.74. The van der Waals surface area contributed by atoms with Crippen LogP contribution < -0.4 is 11.1 Å². The summed E-state index contributed by atoms with van der Waals surface area (Å²) < 4.78 is 0.990. The largest absolute Gasteiger partial charge is 0.388 e. The molecule has 0 unspecified atom stereocenters. The Hall–Kier alpha value is -1.98. The number of hydrogen-bond donors (Lipinski definition) is 2. The fraction of sp³-hybridized carbons (Fsp3) is 0.0909. The molecule has 0 aliphatic rings. The molecule has 0 heterocycles. The molecular weight excluding hydrogens is 268 g/mol. The Bertz CT molecular complexity index is 476. The Balaban J connectivity index is 2.69. The van der Waals surface area contributed by atoms with Crippen molar-refractivity contribution in [1.82, 2.24) is 5.32 Å². The summed E-state index contributed by atoms with van der Waals surface area (Å²) in [4.78, 5) is 0. The van der Waals surface area contributed by atoms with Crippen LogP contribution in [0.4, 0.5) is 0 Å². The number of nitrogens with one attached hydrogen (secondary N) is 1. The van der Waals surface area contributed by atoms with E-state index in [0.29, 0.717) is 6.54 Å². The third-order valence-electron chi connectivity index (χ3n) is 1.88. The van der Waals surface area contributed by atoms with Crippen molar-refractivity contribution < 1.29 is 0 Å². The van der Waals surface area contributed by atoms with Gasteiger partial charge in [0.05, 0.1) is 0 Å². The van der Waals surface area contributed by atoms with E-state index >= 15 is 0 Å². The molecule has 1 aromatic carbocycles. The van der Waals surface area contributed by atoms with E-state index in [1.165, 1.54) is 0 Å². The number of hydrogen-bond acceptors (Lipinski definition) is 4. The zero-order valence-electron chi connectivity index (χ0n) is 8.37. The molecule has 0 fully saturated rings. The summed E-state index contributed by atoms with van der Waals surface area (Å²) in [5, 5.41) is 20.1. The van der Waals surface area contributed by atoms with Gasteiger partial charge in [-0.25, -0.2) is 0 Å². The van der Waals surface area contributed by atoms with E-state index < -0.39 is 0 Å². The molecule has 0 aliphatic heterocycles. The second-order valence-electron chi connectivity index (χ2n) is 2.99. The second kappa shape index (κ2) is 5.79. The number of benzene rings is 1. The summed E-state index contributed by atoms with van der Waals surface area (Å²) in [7, 11) is 0. The third kappa shape index (κ3) is 3.30. The number of allylic oxidation sites excluding steroid dienone is 2. The molecule has 0 atom stereocenters. The lowest BCUT2D eigenvalue weighted by Crippen LogP contribution is -2.16. The van der Waals surface area contributed by atoms with E-state index in [1.54, 1.807) is 6.07 Å². The van der Waals surface area contributed by atoms with Crippen molar-refractivity contribution >= 4 is 15.9 Å². The van der Waals surface area contributed by atoms with Gasteiger partial charge in [0, 0.05) is 11.0 Å². The smallest absolute Gasteiger partial charge is 0.148 e. The predicted molar refractivity (Wildman–Crippen MR) is 63.4 cm³/mol. The zero-order chi connectivity index (χ0) is 12.0. The van der Waals surface area contributed by atoms with Gasteiger partial charge in [-0.2, -0.15) is 10.5 Å². The topological polar surface area (TPSA) is 85.6 Å². The molecule has 0 bridgehead atoms. The number of halogens is 1. The lowest BCUT2D eigenvalue weighted by molar-refractivity contribution is 0.827. The Kier molecular flexibility index (Phi) is 4.38. The van der Waals surface area contributed by atoms with Gasteiger partial charge in [0.15, 0.2) is 0 Å². The van der Waals surface area contributed by atoms with Gasteiger partial charge in [-0.1, -0.05) is 28.1 Å². The molecule has 0 saturated carbocycles. The van der Waals surface area contributed by atoms with Crippen LogP contribution in [0.5, 0.6) is 0 Å². The molecule has 0 spiro atoms. The third-order valence-corrected chi connectivity index (χ3v) is 2.41. The summed E-state index contributed by atoms with van der Waals surface area (Å²) in [6.45, 7) is 0.457. The Morgan fingerprint density at radius 3 is 2.38 bits per heavy atom. The van der Waals surface area contributed by atoms with E-state index in [4.69, 9.17) is 16.3 Å². The molecule has 0 radical (unpaired) electrons. The molecule has 3 N–H and O–H groups in total. The summed E-state index contributed by atoms with van der Waals surface area (Å²) >= 11 is 3.33. The number of rotatable bonds is 3. The molecule has 1 aromatic rings. The van der Waals surface area contributed by atoms with Crippen molar-refractivity contribution in [2.45, 2.75) is 6.54 Å². The van der Waals surface area contributed by atoms with Gasteiger partial charge in [-0.3, -0.25) is 0 Å². The molecule has 16 heavy (non-hydrogen) atoms. The highest BCUT2D eigenvalue weighted by Crippen LogP contribution is 2.10. The number of nitriles is 2. The maximum absolute atomic E-state index is 8.74. The maximum Gasteiger partial charge on any atom is 0.148 e. The first-order valence-electron chi connectivity index (χ1n) is 4.45. The van der Waals surface area contributed by atoms with Gasteiger partial charge in [0.1, 0.15) is 23.5 Å². The Labute approximate surface area is 102 Å². The fourth-order valence-corrected chi connectivity index (χ4v) is 1.31. The van der Waals surface area contributed by atoms with Gasteiger partial charge in [0.25, 0.3) is 0 Å². The van der Waals surface area contributed by atoms with Crippen LogP contribution in [0.3, 0.4) is 0 Å².